The molecular formula is C15H15Cl2N3. The van der Waals surface area contributed by atoms with Gasteiger partial charge < -0.3 is 5.73 Å². The summed E-state index contributed by atoms with van der Waals surface area (Å²) < 4.78 is 0. The second kappa shape index (κ2) is 5.58. The molecule has 2 N–H and O–H groups in total. The molecule has 1 aromatic heterocycles. The van der Waals surface area contributed by atoms with Crippen LogP contribution in [-0.2, 0) is 0 Å². The first-order valence-electron chi connectivity index (χ1n) is 6.73. The van der Waals surface area contributed by atoms with Crippen LogP contribution in [0, 0.1) is 0 Å². The minimum atomic E-state index is 0.480. The van der Waals surface area contributed by atoms with Crippen LogP contribution in [0.25, 0.3) is 11.4 Å². The number of halogens is 2. The molecule has 0 aliphatic heterocycles. The van der Waals surface area contributed by atoms with Gasteiger partial charge in [0.05, 0.1) is 5.02 Å². The molecule has 0 unspecified atom stereocenters. The van der Waals surface area contributed by atoms with E-state index in [1.165, 1.54) is 25.7 Å². The first kappa shape index (κ1) is 13.7. The average molecular weight is 308 g/mol. The molecule has 1 aliphatic carbocycles. The van der Waals surface area contributed by atoms with E-state index in [1.807, 2.05) is 6.07 Å². The predicted molar refractivity (Wildman–Crippen MR) is 83.1 cm³/mol. The van der Waals surface area contributed by atoms with E-state index in [0.29, 0.717) is 27.6 Å². The first-order valence-corrected chi connectivity index (χ1v) is 7.49. The van der Waals surface area contributed by atoms with Crippen molar-refractivity contribution >= 4 is 29.0 Å². The summed E-state index contributed by atoms with van der Waals surface area (Å²) in [4.78, 5) is 8.95. The van der Waals surface area contributed by atoms with E-state index in [4.69, 9.17) is 28.9 Å². The Morgan fingerprint density at radius 1 is 1.05 bits per heavy atom. The topological polar surface area (TPSA) is 51.8 Å². The molecule has 3 rings (SSSR count). The third-order valence-electron chi connectivity index (χ3n) is 3.71. The van der Waals surface area contributed by atoms with Crippen molar-refractivity contribution in [1.29, 1.82) is 0 Å². The van der Waals surface area contributed by atoms with Crippen LogP contribution in [0.5, 0.6) is 0 Å². The highest BCUT2D eigenvalue weighted by Gasteiger charge is 2.20. The van der Waals surface area contributed by atoms with Crippen molar-refractivity contribution in [3.63, 3.8) is 0 Å². The smallest absolute Gasteiger partial charge is 0.163 e. The van der Waals surface area contributed by atoms with Crippen molar-refractivity contribution in [3.05, 3.63) is 40.0 Å². The number of rotatable bonds is 2. The van der Waals surface area contributed by atoms with Crippen LogP contribution in [0.1, 0.15) is 37.3 Å². The molecule has 20 heavy (non-hydrogen) atoms. The van der Waals surface area contributed by atoms with Gasteiger partial charge in [0.15, 0.2) is 5.82 Å². The summed E-state index contributed by atoms with van der Waals surface area (Å²) in [6.45, 7) is 0. The Bertz CT molecular complexity index is 637. The Morgan fingerprint density at radius 2 is 1.80 bits per heavy atom. The maximum atomic E-state index is 6.22. The lowest BCUT2D eigenvalue weighted by Gasteiger charge is -2.12. The quantitative estimate of drug-likeness (QED) is 0.875. The lowest BCUT2D eigenvalue weighted by atomic mass is 10.0. The molecule has 0 saturated heterocycles. The number of aromatic nitrogens is 2. The van der Waals surface area contributed by atoms with Crippen LogP contribution >= 0.6 is 23.2 Å². The Labute approximate surface area is 128 Å². The molecule has 1 aromatic carbocycles. The molecule has 1 heterocycles. The highest BCUT2D eigenvalue weighted by atomic mass is 35.5. The van der Waals surface area contributed by atoms with Crippen molar-refractivity contribution in [2.75, 3.05) is 5.73 Å². The van der Waals surface area contributed by atoms with Crippen LogP contribution in [0.15, 0.2) is 24.3 Å². The third-order valence-corrected chi connectivity index (χ3v) is 4.27. The highest BCUT2D eigenvalue weighted by molar-refractivity contribution is 6.35. The van der Waals surface area contributed by atoms with E-state index in [9.17, 15) is 0 Å². The Balaban J connectivity index is 2.06. The zero-order chi connectivity index (χ0) is 14.1. The Hall–Kier alpha value is -1.32. The van der Waals surface area contributed by atoms with Crippen LogP contribution in [0.3, 0.4) is 0 Å². The van der Waals surface area contributed by atoms with E-state index in [1.54, 1.807) is 18.2 Å². The molecule has 1 fully saturated rings. The fourth-order valence-corrected chi connectivity index (χ4v) is 3.08. The number of benzene rings is 1. The molecule has 0 atom stereocenters. The van der Waals surface area contributed by atoms with Crippen molar-refractivity contribution in [2.24, 2.45) is 0 Å². The van der Waals surface area contributed by atoms with E-state index in [2.05, 4.69) is 9.97 Å². The Morgan fingerprint density at radius 3 is 2.55 bits per heavy atom. The molecular weight excluding hydrogens is 293 g/mol. The SMILES string of the molecule is Nc1cc(C2CCCC2)nc(-c2cc(Cl)ccc2Cl)n1. The molecule has 0 spiro atoms. The number of nitrogens with two attached hydrogens (primary N) is 1. The van der Waals surface area contributed by atoms with Crippen LogP contribution in [0.4, 0.5) is 5.82 Å². The number of hydrogen-bond donors (Lipinski definition) is 1. The standard InChI is InChI=1S/C15H15Cl2N3/c16-10-5-6-12(17)11(7-10)15-19-13(8-14(18)20-15)9-3-1-2-4-9/h5-9H,1-4H2,(H2,18,19,20). The van der Waals surface area contributed by atoms with Crippen molar-refractivity contribution in [1.82, 2.24) is 9.97 Å². The van der Waals surface area contributed by atoms with Gasteiger partial charge in [-0.25, -0.2) is 9.97 Å². The summed E-state index contributed by atoms with van der Waals surface area (Å²) in [6, 6.07) is 7.15. The molecule has 0 amide bonds. The van der Waals surface area contributed by atoms with E-state index in [0.717, 1.165) is 11.3 Å². The molecule has 3 nitrogen and oxygen atoms in total. The van der Waals surface area contributed by atoms with Gasteiger partial charge in [0.2, 0.25) is 0 Å². The third kappa shape index (κ3) is 2.74. The molecule has 0 bridgehead atoms. The highest BCUT2D eigenvalue weighted by Crippen LogP contribution is 2.35. The number of nitrogens with zero attached hydrogens (tertiary/aromatic N) is 2. The van der Waals surface area contributed by atoms with Gasteiger partial charge in [0, 0.05) is 28.3 Å². The minimum Gasteiger partial charge on any atom is -0.384 e. The van der Waals surface area contributed by atoms with E-state index in [-0.39, 0.29) is 0 Å². The van der Waals surface area contributed by atoms with Gasteiger partial charge in [-0.05, 0) is 31.0 Å². The lowest BCUT2D eigenvalue weighted by molar-refractivity contribution is 0.696. The van der Waals surface area contributed by atoms with Gasteiger partial charge in [-0.15, -0.1) is 0 Å². The van der Waals surface area contributed by atoms with Gasteiger partial charge in [-0.3, -0.25) is 0 Å². The zero-order valence-electron chi connectivity index (χ0n) is 10.9. The number of nitrogen functional groups attached to an aromatic ring is 1. The molecule has 1 saturated carbocycles. The molecule has 104 valence electrons. The maximum Gasteiger partial charge on any atom is 0.163 e. The normalized spacial score (nSPS) is 15.7. The molecule has 1 aliphatic rings. The van der Waals surface area contributed by atoms with Gasteiger partial charge >= 0.3 is 0 Å². The summed E-state index contributed by atoms with van der Waals surface area (Å²) in [5.41, 5.74) is 7.67. The first-order chi connectivity index (χ1) is 9.63. The fraction of sp³-hybridized carbons (Fsp3) is 0.333. The molecule has 2 aromatic rings. The number of hydrogen-bond acceptors (Lipinski definition) is 3. The van der Waals surface area contributed by atoms with Gasteiger partial charge in [-0.1, -0.05) is 36.0 Å². The Kier molecular flexibility index (Phi) is 3.81. The van der Waals surface area contributed by atoms with E-state index >= 15 is 0 Å². The van der Waals surface area contributed by atoms with Gasteiger partial charge in [0.1, 0.15) is 5.82 Å². The van der Waals surface area contributed by atoms with Crippen molar-refractivity contribution in [3.8, 4) is 11.4 Å². The van der Waals surface area contributed by atoms with Crippen LogP contribution in [0.2, 0.25) is 10.0 Å². The van der Waals surface area contributed by atoms with E-state index < -0.39 is 0 Å². The molecule has 5 heteroatoms. The summed E-state index contributed by atoms with van der Waals surface area (Å²) in [5.74, 6) is 1.52. The summed E-state index contributed by atoms with van der Waals surface area (Å²) in [5, 5.41) is 1.19. The summed E-state index contributed by atoms with van der Waals surface area (Å²) >= 11 is 12.2. The number of anilines is 1. The van der Waals surface area contributed by atoms with Gasteiger partial charge in [-0.2, -0.15) is 0 Å². The second-order valence-corrected chi connectivity index (χ2v) is 5.99. The predicted octanol–water partition coefficient (Wildman–Crippen LogP) is 4.69. The van der Waals surface area contributed by atoms with Gasteiger partial charge in [0.25, 0.3) is 0 Å². The molecule has 0 radical (unpaired) electrons. The average Bonchev–Trinajstić information content (AvgIpc) is 2.95. The second-order valence-electron chi connectivity index (χ2n) is 5.15. The van der Waals surface area contributed by atoms with Crippen molar-refractivity contribution < 1.29 is 0 Å². The summed E-state index contributed by atoms with van der Waals surface area (Å²) in [7, 11) is 0. The van der Waals surface area contributed by atoms with Crippen LogP contribution < -0.4 is 5.73 Å². The monoisotopic (exact) mass is 307 g/mol. The fourth-order valence-electron chi connectivity index (χ4n) is 2.71. The zero-order valence-corrected chi connectivity index (χ0v) is 12.5. The minimum absolute atomic E-state index is 0.480. The largest absolute Gasteiger partial charge is 0.384 e. The van der Waals surface area contributed by atoms with Crippen molar-refractivity contribution in [2.45, 2.75) is 31.6 Å². The summed E-state index contributed by atoms with van der Waals surface area (Å²) in [6.07, 6.45) is 4.84. The maximum absolute atomic E-state index is 6.22. The van der Waals surface area contributed by atoms with Crippen LogP contribution in [-0.4, -0.2) is 9.97 Å². The lowest BCUT2D eigenvalue weighted by Crippen LogP contribution is -2.03.